The molecule has 1 fully saturated rings. The van der Waals surface area contributed by atoms with Crippen LogP contribution >= 0.6 is 22.9 Å². The number of benzene rings is 1. The molecule has 0 bridgehead atoms. The number of amides is 2. The van der Waals surface area contributed by atoms with Crippen LogP contribution in [0, 0.1) is 13.8 Å². The van der Waals surface area contributed by atoms with Gasteiger partial charge in [-0.3, -0.25) is 19.3 Å². The number of primary amides is 1. The van der Waals surface area contributed by atoms with Gasteiger partial charge >= 0.3 is 5.97 Å². The lowest BCUT2D eigenvalue weighted by atomic mass is 10.1. The summed E-state index contributed by atoms with van der Waals surface area (Å²) in [4.78, 5) is 54.4. The first-order valence-electron chi connectivity index (χ1n) is 13.9. The molecule has 13 nitrogen and oxygen atoms in total. The van der Waals surface area contributed by atoms with E-state index < -0.39 is 11.9 Å². The second-order valence-electron chi connectivity index (χ2n) is 10.0. The van der Waals surface area contributed by atoms with E-state index in [1.807, 2.05) is 32.0 Å². The highest BCUT2D eigenvalue weighted by atomic mass is 35.5. The minimum Gasteiger partial charge on any atom is -0.463 e. The van der Waals surface area contributed by atoms with Crippen molar-refractivity contribution in [2.75, 3.05) is 61.9 Å². The number of aryl methyl sites for hydroxylation is 2. The van der Waals surface area contributed by atoms with Gasteiger partial charge in [0.2, 0.25) is 5.91 Å². The highest BCUT2D eigenvalue weighted by molar-refractivity contribution is 7.17. The van der Waals surface area contributed by atoms with E-state index in [4.69, 9.17) is 22.1 Å². The second-order valence-corrected chi connectivity index (χ2v) is 11.5. The number of likely N-dealkylation sites (N-methyl/N-ethyl adjacent to an activating group) is 1. The van der Waals surface area contributed by atoms with Gasteiger partial charge in [0.1, 0.15) is 35.0 Å². The summed E-state index contributed by atoms with van der Waals surface area (Å²) in [6.07, 6.45) is 1.94. The Hall–Kier alpha value is -3.85. The number of hydrogen-bond donors (Lipinski definition) is 4. The van der Waals surface area contributed by atoms with Crippen LogP contribution in [-0.4, -0.2) is 90.1 Å². The fourth-order valence-electron chi connectivity index (χ4n) is 4.53. The molecule has 2 aromatic heterocycles. The SMILES string of the molecule is CN[C@@H](CCC(N)=O)C(=O)OCCN1CCN(c2cc(Nc3ncc(C(=O)Nc4c(C)cccc4Cl)s3)nc(C)n2)CC1. The molecular weight excluding hydrogens is 594 g/mol. The molecule has 1 aromatic carbocycles. The number of para-hydroxylation sites is 1. The van der Waals surface area contributed by atoms with Crippen molar-refractivity contribution in [3.05, 3.63) is 51.7 Å². The van der Waals surface area contributed by atoms with E-state index in [-0.39, 0.29) is 24.9 Å². The number of thiazole rings is 1. The first-order valence-corrected chi connectivity index (χ1v) is 15.1. The molecule has 1 aliphatic rings. The summed E-state index contributed by atoms with van der Waals surface area (Å²) in [5, 5.41) is 9.93. The number of carbonyl (C=O) groups excluding carboxylic acids is 3. The Morgan fingerprint density at radius 3 is 2.63 bits per heavy atom. The lowest BCUT2D eigenvalue weighted by molar-refractivity contribution is -0.146. The number of nitrogens with one attached hydrogen (secondary N) is 3. The third-order valence-corrected chi connectivity index (χ3v) is 8.14. The monoisotopic (exact) mass is 629 g/mol. The Morgan fingerprint density at radius 2 is 1.93 bits per heavy atom. The van der Waals surface area contributed by atoms with Gasteiger partial charge in [0.05, 0.1) is 16.9 Å². The third-order valence-electron chi connectivity index (χ3n) is 6.91. The summed E-state index contributed by atoms with van der Waals surface area (Å²) < 4.78 is 5.41. The molecule has 1 saturated heterocycles. The molecule has 0 unspecified atom stereocenters. The first kappa shape index (κ1) is 32.1. The molecule has 15 heteroatoms. The number of rotatable bonds is 13. The molecule has 4 rings (SSSR count). The number of halogens is 1. The molecule has 3 heterocycles. The summed E-state index contributed by atoms with van der Waals surface area (Å²) in [6.45, 7) is 7.61. The number of hydrogen-bond acceptors (Lipinski definition) is 12. The van der Waals surface area contributed by atoms with Gasteiger partial charge in [-0.2, -0.15) is 0 Å². The number of ether oxygens (including phenoxy) is 1. The molecule has 5 N–H and O–H groups in total. The van der Waals surface area contributed by atoms with E-state index in [0.29, 0.717) is 45.3 Å². The number of esters is 1. The number of anilines is 4. The van der Waals surface area contributed by atoms with Crippen LogP contribution in [0.25, 0.3) is 0 Å². The zero-order valence-corrected chi connectivity index (χ0v) is 25.9. The molecule has 0 saturated carbocycles. The van der Waals surface area contributed by atoms with E-state index >= 15 is 0 Å². The summed E-state index contributed by atoms with van der Waals surface area (Å²) in [7, 11) is 1.65. The average molecular weight is 630 g/mol. The van der Waals surface area contributed by atoms with E-state index in [2.05, 4.69) is 40.7 Å². The summed E-state index contributed by atoms with van der Waals surface area (Å²) in [5.41, 5.74) is 6.62. The number of piperazine rings is 1. The maximum absolute atomic E-state index is 12.8. The molecule has 1 aliphatic heterocycles. The van der Waals surface area contributed by atoms with Crippen molar-refractivity contribution in [1.29, 1.82) is 0 Å². The van der Waals surface area contributed by atoms with Crippen LogP contribution in [0.4, 0.5) is 22.5 Å². The van der Waals surface area contributed by atoms with Crippen molar-refractivity contribution < 1.29 is 19.1 Å². The maximum atomic E-state index is 12.8. The first-order chi connectivity index (χ1) is 20.6. The highest BCUT2D eigenvalue weighted by Gasteiger charge is 2.22. The number of carbonyl (C=O) groups is 3. The van der Waals surface area contributed by atoms with Gasteiger partial charge in [0.15, 0.2) is 5.13 Å². The predicted octanol–water partition coefficient (Wildman–Crippen LogP) is 2.72. The molecule has 0 spiro atoms. The van der Waals surface area contributed by atoms with Crippen molar-refractivity contribution in [1.82, 2.24) is 25.2 Å². The van der Waals surface area contributed by atoms with Crippen molar-refractivity contribution in [3.8, 4) is 0 Å². The summed E-state index contributed by atoms with van der Waals surface area (Å²) in [6, 6.07) is 6.75. The van der Waals surface area contributed by atoms with Gasteiger partial charge < -0.3 is 31.3 Å². The lowest BCUT2D eigenvalue weighted by Gasteiger charge is -2.35. The van der Waals surface area contributed by atoms with Crippen LogP contribution in [0.3, 0.4) is 0 Å². The van der Waals surface area contributed by atoms with Crippen molar-refractivity contribution in [2.24, 2.45) is 5.73 Å². The van der Waals surface area contributed by atoms with Crippen LogP contribution < -0.4 is 26.6 Å². The van der Waals surface area contributed by atoms with Gasteiger partial charge in [0.25, 0.3) is 5.91 Å². The van der Waals surface area contributed by atoms with E-state index in [1.54, 1.807) is 13.1 Å². The number of aromatic nitrogens is 3. The Balaban J connectivity index is 1.27. The maximum Gasteiger partial charge on any atom is 0.323 e. The molecule has 43 heavy (non-hydrogen) atoms. The standard InChI is InChI=1S/C28H36ClN9O4S/c1-17-5-4-6-19(29)25(17)36-26(40)21-16-32-28(43-21)35-23-15-24(34-18(2)33-23)38-11-9-37(10-12-38)13-14-42-27(41)20(31-3)7-8-22(30)39/h4-6,15-16,20,31H,7-14H2,1-3H3,(H2,30,39)(H,36,40)(H,32,33,34,35)/t20-/m0/s1. The number of nitrogens with zero attached hydrogens (tertiary/aromatic N) is 5. The van der Waals surface area contributed by atoms with E-state index in [1.165, 1.54) is 17.5 Å². The molecule has 0 radical (unpaired) electrons. The van der Waals surface area contributed by atoms with Crippen LogP contribution in [0.5, 0.6) is 0 Å². The smallest absolute Gasteiger partial charge is 0.323 e. The molecule has 230 valence electrons. The Bertz CT molecular complexity index is 1430. The molecule has 0 aliphatic carbocycles. The van der Waals surface area contributed by atoms with Crippen LogP contribution in [0.2, 0.25) is 5.02 Å². The molecule has 1 atom stereocenters. The normalized spacial score (nSPS) is 14.3. The summed E-state index contributed by atoms with van der Waals surface area (Å²) in [5.74, 6) is 0.844. The lowest BCUT2D eigenvalue weighted by Crippen LogP contribution is -2.48. The Morgan fingerprint density at radius 1 is 1.16 bits per heavy atom. The fraction of sp³-hybridized carbons (Fsp3) is 0.429. The predicted molar refractivity (Wildman–Crippen MR) is 167 cm³/mol. The zero-order chi connectivity index (χ0) is 30.9. The van der Waals surface area contributed by atoms with Gasteiger partial charge in [-0.15, -0.1) is 0 Å². The van der Waals surface area contributed by atoms with Gasteiger partial charge in [-0.05, 0) is 38.9 Å². The van der Waals surface area contributed by atoms with Crippen molar-refractivity contribution in [3.63, 3.8) is 0 Å². The van der Waals surface area contributed by atoms with E-state index in [0.717, 1.165) is 37.6 Å². The molecular formula is C28H36ClN9O4S. The molecule has 2 amide bonds. The van der Waals surface area contributed by atoms with Crippen LogP contribution in [-0.2, 0) is 14.3 Å². The zero-order valence-electron chi connectivity index (χ0n) is 24.4. The number of nitrogens with two attached hydrogens (primary N) is 1. The Kier molecular flexibility index (Phi) is 11.2. The van der Waals surface area contributed by atoms with Gasteiger partial charge in [0, 0.05) is 45.2 Å². The molecule has 3 aromatic rings. The van der Waals surface area contributed by atoms with Crippen molar-refractivity contribution >= 4 is 63.2 Å². The van der Waals surface area contributed by atoms with Crippen LogP contribution in [0.15, 0.2) is 30.5 Å². The highest BCUT2D eigenvalue weighted by Crippen LogP contribution is 2.28. The third kappa shape index (κ3) is 9.07. The summed E-state index contributed by atoms with van der Waals surface area (Å²) >= 11 is 7.46. The topological polar surface area (TPSA) is 168 Å². The fourth-order valence-corrected chi connectivity index (χ4v) is 5.52. The quantitative estimate of drug-likeness (QED) is 0.205. The van der Waals surface area contributed by atoms with Crippen LogP contribution in [0.1, 0.15) is 33.9 Å². The van der Waals surface area contributed by atoms with Crippen molar-refractivity contribution in [2.45, 2.75) is 32.7 Å². The van der Waals surface area contributed by atoms with Gasteiger partial charge in [-0.1, -0.05) is 35.1 Å². The van der Waals surface area contributed by atoms with E-state index in [9.17, 15) is 14.4 Å². The largest absolute Gasteiger partial charge is 0.463 e. The average Bonchev–Trinajstić information content (AvgIpc) is 3.44. The second kappa shape index (κ2) is 15.0. The Labute approximate surface area is 259 Å². The van der Waals surface area contributed by atoms with Gasteiger partial charge in [-0.25, -0.2) is 15.0 Å². The minimum atomic E-state index is -0.557. The minimum absolute atomic E-state index is 0.120.